The van der Waals surface area contributed by atoms with E-state index in [9.17, 15) is 8.78 Å². The molecule has 1 unspecified atom stereocenters. The van der Waals surface area contributed by atoms with E-state index in [1.807, 2.05) is 0 Å². The molecule has 1 radical (unpaired) electrons. The maximum atomic E-state index is 14.5. The maximum Gasteiger partial charge on any atom is 0.279 e. The first-order valence-corrected chi connectivity index (χ1v) is 6.05. The molecule has 93 valence electrons. The summed E-state index contributed by atoms with van der Waals surface area (Å²) in [6, 6.07) is 17.7. The molecule has 0 spiro atoms. The number of rotatable bonds is 4. The van der Waals surface area contributed by atoms with Crippen molar-refractivity contribution in [2.45, 2.75) is 25.2 Å². The lowest BCUT2D eigenvalue weighted by Gasteiger charge is -2.26. The van der Waals surface area contributed by atoms with Crippen molar-refractivity contribution < 1.29 is 8.78 Å². The summed E-state index contributed by atoms with van der Waals surface area (Å²) in [6.07, 6.45) is 0.395. The lowest BCUT2D eigenvalue weighted by Crippen LogP contribution is -2.23. The molecule has 2 heteroatoms. The van der Waals surface area contributed by atoms with Gasteiger partial charge >= 0.3 is 0 Å². The summed E-state index contributed by atoms with van der Waals surface area (Å²) < 4.78 is 29.0. The molecule has 0 aliphatic heterocycles. The van der Waals surface area contributed by atoms with E-state index in [2.05, 4.69) is 6.07 Å². The molecule has 2 aromatic rings. The van der Waals surface area contributed by atoms with Crippen LogP contribution in [0.25, 0.3) is 0 Å². The van der Waals surface area contributed by atoms with Gasteiger partial charge in [0.25, 0.3) is 5.92 Å². The number of hydrogen-bond acceptors (Lipinski definition) is 0. The van der Waals surface area contributed by atoms with Crippen molar-refractivity contribution in [3.05, 3.63) is 71.8 Å². The highest BCUT2D eigenvalue weighted by atomic mass is 19.3. The van der Waals surface area contributed by atoms with Crippen molar-refractivity contribution in [1.82, 2.24) is 0 Å². The number of halogens is 2. The predicted octanol–water partition coefficient (Wildman–Crippen LogP) is 4.77. The van der Waals surface area contributed by atoms with Crippen LogP contribution in [0.2, 0.25) is 0 Å². The minimum atomic E-state index is -2.85. The van der Waals surface area contributed by atoms with Crippen LogP contribution in [0.5, 0.6) is 0 Å². The summed E-state index contributed by atoms with van der Waals surface area (Å²) in [5.74, 6) is -3.65. The molecule has 0 bridgehead atoms. The van der Waals surface area contributed by atoms with Crippen molar-refractivity contribution in [3.8, 4) is 0 Å². The molecule has 0 aliphatic rings. The zero-order chi connectivity index (χ0) is 13.0. The molecule has 0 N–H and O–H groups in total. The van der Waals surface area contributed by atoms with Crippen molar-refractivity contribution in [1.29, 1.82) is 0 Å². The van der Waals surface area contributed by atoms with E-state index in [1.54, 1.807) is 49.4 Å². The van der Waals surface area contributed by atoms with Crippen LogP contribution in [-0.2, 0) is 5.92 Å². The molecular weight excluding hydrogens is 230 g/mol. The minimum absolute atomic E-state index is 0.0738. The fraction of sp³-hybridized carbons (Fsp3) is 0.250. The Hall–Kier alpha value is -1.70. The van der Waals surface area contributed by atoms with Crippen LogP contribution < -0.4 is 0 Å². The summed E-state index contributed by atoms with van der Waals surface area (Å²) in [4.78, 5) is 0. The monoisotopic (exact) mass is 245 g/mol. The Balaban J connectivity index is 2.38. The second-order valence-electron chi connectivity index (χ2n) is 4.28. The molecule has 0 nitrogen and oxygen atoms in total. The Morgan fingerprint density at radius 3 is 2.22 bits per heavy atom. The second kappa shape index (κ2) is 5.30. The smallest absolute Gasteiger partial charge is 0.201 e. The van der Waals surface area contributed by atoms with Crippen LogP contribution in [0.3, 0.4) is 0 Å². The molecule has 0 aromatic heterocycles. The standard InChI is InChI=1S/C16H15F2/c1-2-15(13-9-5-3-6-10-13)16(17,18)14-11-7-4-8-12-14/h4-12,15H,2H2,1H3. The molecule has 0 saturated carbocycles. The van der Waals surface area contributed by atoms with E-state index >= 15 is 0 Å². The van der Waals surface area contributed by atoms with Gasteiger partial charge in [-0.3, -0.25) is 0 Å². The average Bonchev–Trinajstić information content (AvgIpc) is 2.41. The average molecular weight is 245 g/mol. The van der Waals surface area contributed by atoms with Crippen LogP contribution >= 0.6 is 0 Å². The Bertz CT molecular complexity index is 477. The van der Waals surface area contributed by atoms with Crippen LogP contribution in [-0.4, -0.2) is 0 Å². The van der Waals surface area contributed by atoms with Crippen molar-refractivity contribution in [2.75, 3.05) is 0 Å². The van der Waals surface area contributed by atoms with Crippen LogP contribution in [0.1, 0.15) is 30.4 Å². The molecular formula is C16H15F2. The van der Waals surface area contributed by atoms with Crippen LogP contribution in [0, 0.1) is 6.07 Å². The summed E-state index contributed by atoms with van der Waals surface area (Å²) in [5, 5.41) is 0. The fourth-order valence-corrected chi connectivity index (χ4v) is 2.20. The first-order chi connectivity index (χ1) is 8.66. The van der Waals surface area contributed by atoms with E-state index in [0.717, 1.165) is 0 Å². The lowest BCUT2D eigenvalue weighted by molar-refractivity contribution is -0.0354. The second-order valence-corrected chi connectivity index (χ2v) is 4.28. The van der Waals surface area contributed by atoms with Gasteiger partial charge in [0.1, 0.15) is 0 Å². The Morgan fingerprint density at radius 1 is 1.06 bits per heavy atom. The lowest BCUT2D eigenvalue weighted by atomic mass is 9.86. The first kappa shape index (κ1) is 12.7. The third-order valence-electron chi connectivity index (χ3n) is 3.15. The molecule has 0 aliphatic carbocycles. The highest BCUT2D eigenvalue weighted by molar-refractivity contribution is 5.28. The molecule has 2 aromatic carbocycles. The molecule has 2 rings (SSSR count). The fourth-order valence-electron chi connectivity index (χ4n) is 2.20. The summed E-state index contributed by atoms with van der Waals surface area (Å²) >= 11 is 0. The minimum Gasteiger partial charge on any atom is -0.201 e. The zero-order valence-electron chi connectivity index (χ0n) is 10.2. The van der Waals surface area contributed by atoms with Gasteiger partial charge < -0.3 is 0 Å². The Morgan fingerprint density at radius 2 is 1.67 bits per heavy atom. The van der Waals surface area contributed by atoms with Gasteiger partial charge in [0.15, 0.2) is 0 Å². The number of benzene rings is 2. The van der Waals surface area contributed by atoms with Gasteiger partial charge in [0, 0.05) is 5.56 Å². The van der Waals surface area contributed by atoms with Gasteiger partial charge in [-0.2, -0.15) is 0 Å². The van der Waals surface area contributed by atoms with E-state index in [1.165, 1.54) is 12.1 Å². The van der Waals surface area contributed by atoms with Gasteiger partial charge in [-0.1, -0.05) is 61.5 Å². The predicted molar refractivity (Wildman–Crippen MR) is 68.6 cm³/mol. The Kier molecular flexibility index (Phi) is 3.75. The van der Waals surface area contributed by atoms with Gasteiger partial charge in [-0.25, -0.2) is 8.78 Å². The van der Waals surface area contributed by atoms with Gasteiger partial charge in [-0.15, -0.1) is 0 Å². The van der Waals surface area contributed by atoms with Crippen molar-refractivity contribution in [2.24, 2.45) is 0 Å². The van der Waals surface area contributed by atoms with E-state index < -0.39 is 11.8 Å². The van der Waals surface area contributed by atoms with Crippen molar-refractivity contribution >= 4 is 0 Å². The topological polar surface area (TPSA) is 0 Å². The number of alkyl halides is 2. The SMILES string of the molecule is CCC(c1cc[c]cc1)C(F)(F)c1ccccc1. The molecule has 0 saturated heterocycles. The normalized spacial score (nSPS) is 13.3. The molecule has 0 heterocycles. The largest absolute Gasteiger partial charge is 0.279 e. The summed E-state index contributed by atoms with van der Waals surface area (Å²) in [5.41, 5.74) is 0.731. The molecule has 1 atom stereocenters. The van der Waals surface area contributed by atoms with E-state index in [0.29, 0.717) is 12.0 Å². The van der Waals surface area contributed by atoms with Gasteiger partial charge in [0.2, 0.25) is 0 Å². The molecule has 18 heavy (non-hydrogen) atoms. The van der Waals surface area contributed by atoms with Gasteiger partial charge in [0.05, 0.1) is 5.92 Å². The maximum absolute atomic E-state index is 14.5. The van der Waals surface area contributed by atoms with Crippen LogP contribution in [0.15, 0.2) is 54.6 Å². The summed E-state index contributed by atoms with van der Waals surface area (Å²) in [7, 11) is 0. The zero-order valence-corrected chi connectivity index (χ0v) is 10.2. The first-order valence-electron chi connectivity index (χ1n) is 6.05. The highest BCUT2D eigenvalue weighted by Crippen LogP contribution is 2.43. The third kappa shape index (κ3) is 2.42. The van der Waals surface area contributed by atoms with E-state index in [-0.39, 0.29) is 5.56 Å². The summed E-state index contributed by atoms with van der Waals surface area (Å²) in [6.45, 7) is 1.79. The van der Waals surface area contributed by atoms with Crippen molar-refractivity contribution in [3.63, 3.8) is 0 Å². The Labute approximate surface area is 106 Å². The highest BCUT2D eigenvalue weighted by Gasteiger charge is 2.40. The van der Waals surface area contributed by atoms with Crippen LogP contribution in [0.4, 0.5) is 8.78 Å². The molecule has 0 amide bonds. The van der Waals surface area contributed by atoms with E-state index in [4.69, 9.17) is 0 Å². The molecule has 0 fully saturated rings. The van der Waals surface area contributed by atoms with Gasteiger partial charge in [-0.05, 0) is 18.1 Å². The quantitative estimate of drug-likeness (QED) is 0.727. The third-order valence-corrected chi connectivity index (χ3v) is 3.15. The number of hydrogen-bond donors (Lipinski definition) is 0.